The Kier molecular flexibility index (Phi) is 2.30. The first-order valence-electron chi connectivity index (χ1n) is 5.39. The minimum atomic E-state index is -3.81. The van der Waals surface area contributed by atoms with Crippen molar-refractivity contribution in [3.8, 4) is 11.1 Å². The van der Waals surface area contributed by atoms with Crippen LogP contribution in [0, 0.1) is 5.82 Å². The highest BCUT2D eigenvalue weighted by molar-refractivity contribution is 7.89. The van der Waals surface area contributed by atoms with Crippen molar-refractivity contribution in [1.29, 1.82) is 0 Å². The summed E-state index contributed by atoms with van der Waals surface area (Å²) >= 11 is 0. The van der Waals surface area contributed by atoms with Crippen LogP contribution >= 0.6 is 0 Å². The summed E-state index contributed by atoms with van der Waals surface area (Å²) in [5.41, 5.74) is 2.55. The standard InChI is InChI=1S/C13H10FNO2S/c14-8-5-6-10-9-3-1-2-4-11(9)13(12(10)7-8)18(15,16)17/h1-7,13H,(H2,15,16,17)/t13-/m0/s1. The molecule has 0 radical (unpaired) electrons. The van der Waals surface area contributed by atoms with Crippen LogP contribution in [0.25, 0.3) is 11.1 Å². The number of hydrogen-bond donors (Lipinski definition) is 1. The van der Waals surface area contributed by atoms with Crippen molar-refractivity contribution in [1.82, 2.24) is 0 Å². The van der Waals surface area contributed by atoms with E-state index in [4.69, 9.17) is 5.14 Å². The van der Waals surface area contributed by atoms with Crippen LogP contribution in [0.1, 0.15) is 16.4 Å². The smallest absolute Gasteiger partial charge is 0.220 e. The lowest BCUT2D eigenvalue weighted by Crippen LogP contribution is -2.21. The number of fused-ring (bicyclic) bond motifs is 3. The van der Waals surface area contributed by atoms with Gasteiger partial charge in [0.25, 0.3) is 0 Å². The molecule has 0 spiro atoms. The Hall–Kier alpha value is -1.72. The lowest BCUT2D eigenvalue weighted by Gasteiger charge is -2.10. The van der Waals surface area contributed by atoms with Crippen molar-refractivity contribution in [3.63, 3.8) is 0 Å². The first-order valence-corrected chi connectivity index (χ1v) is 7.00. The van der Waals surface area contributed by atoms with Gasteiger partial charge in [0.15, 0.2) is 0 Å². The zero-order valence-electron chi connectivity index (χ0n) is 9.30. The second-order valence-electron chi connectivity index (χ2n) is 4.29. The monoisotopic (exact) mass is 263 g/mol. The molecule has 2 N–H and O–H groups in total. The quantitative estimate of drug-likeness (QED) is 0.857. The molecule has 0 aliphatic heterocycles. The van der Waals surface area contributed by atoms with Crippen LogP contribution in [-0.4, -0.2) is 8.42 Å². The third-order valence-electron chi connectivity index (χ3n) is 3.16. The number of primary sulfonamides is 1. The fraction of sp³-hybridized carbons (Fsp3) is 0.0769. The summed E-state index contributed by atoms with van der Waals surface area (Å²) in [7, 11) is -3.81. The van der Waals surface area contributed by atoms with Crippen molar-refractivity contribution in [3.05, 3.63) is 59.4 Å². The van der Waals surface area contributed by atoms with E-state index in [2.05, 4.69) is 0 Å². The average Bonchev–Trinajstić information content (AvgIpc) is 2.61. The Morgan fingerprint density at radius 1 is 1.00 bits per heavy atom. The van der Waals surface area contributed by atoms with Gasteiger partial charge in [0.05, 0.1) is 0 Å². The second kappa shape index (κ2) is 3.63. The molecule has 1 aliphatic rings. The summed E-state index contributed by atoms with van der Waals surface area (Å²) in [5, 5.41) is 4.30. The van der Waals surface area contributed by atoms with Gasteiger partial charge in [-0.2, -0.15) is 0 Å². The molecule has 3 rings (SSSR count). The highest BCUT2D eigenvalue weighted by Gasteiger charge is 2.36. The molecular formula is C13H10FNO2S. The maximum atomic E-state index is 13.3. The van der Waals surface area contributed by atoms with E-state index in [1.54, 1.807) is 18.2 Å². The molecule has 5 heteroatoms. The SMILES string of the molecule is NS(=O)(=O)[C@H]1c2ccccc2-c2ccc(F)cc21. The first-order chi connectivity index (χ1) is 8.48. The zero-order chi connectivity index (χ0) is 12.9. The van der Waals surface area contributed by atoms with Crippen molar-refractivity contribution in [2.24, 2.45) is 5.14 Å². The summed E-state index contributed by atoms with van der Waals surface area (Å²) in [5.74, 6) is -0.463. The summed E-state index contributed by atoms with van der Waals surface area (Å²) in [6.45, 7) is 0. The van der Waals surface area contributed by atoms with Gasteiger partial charge in [0, 0.05) is 0 Å². The summed E-state index contributed by atoms with van der Waals surface area (Å²) in [6.07, 6.45) is 0. The highest BCUT2D eigenvalue weighted by atomic mass is 32.2. The Balaban J connectivity index is 2.39. The molecule has 3 nitrogen and oxygen atoms in total. The van der Waals surface area contributed by atoms with Gasteiger partial charge in [0.1, 0.15) is 11.1 Å². The molecule has 18 heavy (non-hydrogen) atoms. The first kappa shape index (κ1) is 11.4. The minimum Gasteiger partial charge on any atom is -0.228 e. The minimum absolute atomic E-state index is 0.415. The normalized spacial score (nSPS) is 17.3. The lowest BCUT2D eigenvalue weighted by molar-refractivity contribution is 0.591. The largest absolute Gasteiger partial charge is 0.228 e. The topological polar surface area (TPSA) is 60.2 Å². The molecular weight excluding hydrogens is 253 g/mol. The van der Waals surface area contributed by atoms with E-state index in [1.807, 2.05) is 12.1 Å². The Morgan fingerprint density at radius 2 is 1.67 bits per heavy atom. The molecule has 2 aromatic carbocycles. The van der Waals surface area contributed by atoms with Gasteiger partial charge in [-0.15, -0.1) is 0 Å². The lowest BCUT2D eigenvalue weighted by atomic mass is 10.1. The molecule has 0 aromatic heterocycles. The van der Waals surface area contributed by atoms with Gasteiger partial charge >= 0.3 is 0 Å². The maximum Gasteiger partial charge on any atom is 0.220 e. The molecule has 0 unspecified atom stereocenters. The number of rotatable bonds is 1. The van der Waals surface area contributed by atoms with Crippen molar-refractivity contribution >= 4 is 10.0 Å². The van der Waals surface area contributed by atoms with E-state index in [0.29, 0.717) is 11.1 Å². The Morgan fingerprint density at radius 3 is 2.39 bits per heavy atom. The molecule has 0 amide bonds. The summed E-state index contributed by atoms with van der Waals surface area (Å²) in [4.78, 5) is 0. The van der Waals surface area contributed by atoms with Gasteiger partial charge in [-0.3, -0.25) is 0 Å². The molecule has 2 aromatic rings. The van der Waals surface area contributed by atoms with Gasteiger partial charge in [-0.1, -0.05) is 30.3 Å². The third kappa shape index (κ3) is 1.55. The van der Waals surface area contributed by atoms with Crippen molar-refractivity contribution in [2.75, 3.05) is 0 Å². The average molecular weight is 263 g/mol. The number of halogens is 1. The van der Waals surface area contributed by atoms with Gasteiger partial charge in [-0.25, -0.2) is 17.9 Å². The van der Waals surface area contributed by atoms with Crippen LogP contribution < -0.4 is 5.14 Å². The molecule has 0 heterocycles. The van der Waals surface area contributed by atoms with E-state index in [1.165, 1.54) is 12.1 Å². The Labute approximate surface area is 104 Å². The maximum absolute atomic E-state index is 13.3. The number of benzene rings is 2. The molecule has 92 valence electrons. The van der Waals surface area contributed by atoms with Crippen LogP contribution in [0.4, 0.5) is 4.39 Å². The number of sulfonamides is 1. The van der Waals surface area contributed by atoms with Crippen LogP contribution in [-0.2, 0) is 10.0 Å². The van der Waals surface area contributed by atoms with E-state index in [9.17, 15) is 12.8 Å². The van der Waals surface area contributed by atoms with Crippen LogP contribution in [0.15, 0.2) is 42.5 Å². The third-order valence-corrected chi connectivity index (χ3v) is 4.32. The summed E-state index contributed by atoms with van der Waals surface area (Å²) in [6, 6.07) is 11.2. The fourth-order valence-electron chi connectivity index (χ4n) is 2.49. The van der Waals surface area contributed by atoms with Crippen molar-refractivity contribution < 1.29 is 12.8 Å². The molecule has 1 atom stereocenters. The van der Waals surface area contributed by atoms with Crippen LogP contribution in [0.3, 0.4) is 0 Å². The number of nitrogens with two attached hydrogens (primary N) is 1. The molecule has 0 fully saturated rings. The molecule has 0 saturated carbocycles. The summed E-state index contributed by atoms with van der Waals surface area (Å²) < 4.78 is 36.8. The second-order valence-corrected chi connectivity index (χ2v) is 5.94. The number of hydrogen-bond acceptors (Lipinski definition) is 2. The molecule has 1 aliphatic carbocycles. The van der Waals surface area contributed by atoms with E-state index in [-0.39, 0.29) is 0 Å². The predicted molar refractivity (Wildman–Crippen MR) is 66.8 cm³/mol. The van der Waals surface area contributed by atoms with Gasteiger partial charge < -0.3 is 0 Å². The molecule has 0 bridgehead atoms. The fourth-order valence-corrected chi connectivity index (χ4v) is 3.60. The van der Waals surface area contributed by atoms with Crippen LogP contribution in [0.5, 0.6) is 0 Å². The zero-order valence-corrected chi connectivity index (χ0v) is 10.1. The van der Waals surface area contributed by atoms with Gasteiger partial charge in [0.2, 0.25) is 10.0 Å². The molecule has 0 saturated heterocycles. The Bertz CT molecular complexity index is 740. The van der Waals surface area contributed by atoms with E-state index in [0.717, 1.165) is 11.1 Å². The predicted octanol–water partition coefficient (Wildman–Crippen LogP) is 2.18. The van der Waals surface area contributed by atoms with E-state index < -0.39 is 21.1 Å². The van der Waals surface area contributed by atoms with Gasteiger partial charge in [-0.05, 0) is 34.4 Å². The van der Waals surface area contributed by atoms with E-state index >= 15 is 0 Å². The van der Waals surface area contributed by atoms with Crippen molar-refractivity contribution in [2.45, 2.75) is 5.25 Å². The highest BCUT2D eigenvalue weighted by Crippen LogP contribution is 2.46. The van der Waals surface area contributed by atoms with Crippen LogP contribution in [0.2, 0.25) is 0 Å².